The Morgan fingerprint density at radius 2 is 1.69 bits per heavy atom. The Morgan fingerprint density at radius 3 is 2.40 bits per heavy atom. The summed E-state index contributed by atoms with van der Waals surface area (Å²) in [6, 6.07) is 20.9. The fourth-order valence-electron chi connectivity index (χ4n) is 3.11. The van der Waals surface area contributed by atoms with Crippen LogP contribution in [0.4, 0.5) is 5.69 Å². The maximum Gasteiger partial charge on any atom is 0.240 e. The van der Waals surface area contributed by atoms with Gasteiger partial charge in [0, 0.05) is 18.5 Å². The Balaban J connectivity index is 1.54. The van der Waals surface area contributed by atoms with E-state index in [4.69, 9.17) is 9.47 Å². The molecule has 8 heteroatoms. The molecular formula is C27H28BrN3O4. The first-order chi connectivity index (χ1) is 16.9. The molecule has 2 N–H and O–H groups in total. The van der Waals surface area contributed by atoms with Crippen molar-refractivity contribution in [3.05, 3.63) is 87.9 Å². The van der Waals surface area contributed by atoms with Crippen molar-refractivity contribution in [1.82, 2.24) is 5.43 Å². The van der Waals surface area contributed by atoms with E-state index >= 15 is 0 Å². The fourth-order valence-corrected chi connectivity index (χ4v) is 3.69. The van der Waals surface area contributed by atoms with E-state index in [1.165, 1.54) is 11.8 Å². The highest BCUT2D eigenvalue weighted by Gasteiger charge is 2.13. The molecule has 0 unspecified atom stereocenters. The predicted octanol–water partition coefficient (Wildman–Crippen LogP) is 5.60. The summed E-state index contributed by atoms with van der Waals surface area (Å²) >= 11 is 3.54. The number of aryl methyl sites for hydroxylation is 1. The molecule has 0 aliphatic carbocycles. The molecule has 0 saturated heterocycles. The number of hydrogen-bond donors (Lipinski definition) is 2. The van der Waals surface area contributed by atoms with Crippen molar-refractivity contribution in [1.29, 1.82) is 0 Å². The summed E-state index contributed by atoms with van der Waals surface area (Å²) in [4.78, 5) is 24.0. The van der Waals surface area contributed by atoms with Gasteiger partial charge in [0.25, 0.3) is 0 Å². The van der Waals surface area contributed by atoms with Crippen LogP contribution in [0.3, 0.4) is 0 Å². The summed E-state index contributed by atoms with van der Waals surface area (Å²) in [6.07, 6.45) is 1.60. The average Bonchev–Trinajstić information content (AvgIpc) is 2.84. The lowest BCUT2D eigenvalue weighted by Crippen LogP contribution is -2.20. The van der Waals surface area contributed by atoms with Crippen LogP contribution in [-0.2, 0) is 16.2 Å². The highest BCUT2D eigenvalue weighted by Crippen LogP contribution is 2.37. The standard InChI is InChI=1S/C27H28BrN3O4/c1-3-34-24-16-21(15-23(28)27(24)35-18-20-11-9-19(2)10-12-20)17-29-31-26(33)14-13-25(32)30-22-7-5-4-6-8-22/h4-12,15-17H,3,13-14,18H2,1-2H3,(H,30,32)(H,31,33). The van der Waals surface area contributed by atoms with Gasteiger partial charge in [-0.1, -0.05) is 48.0 Å². The molecule has 0 aliphatic rings. The number of ether oxygens (including phenoxy) is 2. The average molecular weight is 538 g/mol. The molecule has 0 bridgehead atoms. The minimum Gasteiger partial charge on any atom is -0.490 e. The second-order valence-electron chi connectivity index (χ2n) is 7.74. The van der Waals surface area contributed by atoms with Gasteiger partial charge in [0.05, 0.1) is 17.3 Å². The number of amides is 2. The molecule has 3 aromatic carbocycles. The molecule has 0 radical (unpaired) electrons. The molecule has 0 atom stereocenters. The lowest BCUT2D eigenvalue weighted by molar-refractivity contribution is -0.124. The number of hydrazone groups is 1. The largest absolute Gasteiger partial charge is 0.490 e. The second-order valence-corrected chi connectivity index (χ2v) is 8.60. The van der Waals surface area contributed by atoms with Gasteiger partial charge in [-0.15, -0.1) is 0 Å². The van der Waals surface area contributed by atoms with Gasteiger partial charge in [0.15, 0.2) is 11.5 Å². The molecule has 3 rings (SSSR count). The van der Waals surface area contributed by atoms with Crippen LogP contribution in [0.25, 0.3) is 0 Å². The summed E-state index contributed by atoms with van der Waals surface area (Å²) in [5, 5.41) is 6.75. The zero-order chi connectivity index (χ0) is 25.0. The van der Waals surface area contributed by atoms with Crippen LogP contribution >= 0.6 is 15.9 Å². The lowest BCUT2D eigenvalue weighted by Gasteiger charge is -2.15. The first-order valence-corrected chi connectivity index (χ1v) is 12.1. The van der Waals surface area contributed by atoms with Gasteiger partial charge >= 0.3 is 0 Å². The van der Waals surface area contributed by atoms with Gasteiger partial charge in [-0.05, 0) is 65.2 Å². The number of rotatable bonds is 11. The van der Waals surface area contributed by atoms with E-state index in [0.717, 1.165) is 5.56 Å². The van der Waals surface area contributed by atoms with Crippen LogP contribution in [0.15, 0.2) is 76.3 Å². The Bertz CT molecular complexity index is 1170. The van der Waals surface area contributed by atoms with E-state index in [0.29, 0.717) is 40.4 Å². The summed E-state index contributed by atoms with van der Waals surface area (Å²) < 4.78 is 12.5. The smallest absolute Gasteiger partial charge is 0.240 e. The van der Waals surface area contributed by atoms with Gasteiger partial charge < -0.3 is 14.8 Å². The predicted molar refractivity (Wildman–Crippen MR) is 141 cm³/mol. The monoisotopic (exact) mass is 537 g/mol. The minimum absolute atomic E-state index is 0.0235. The van der Waals surface area contributed by atoms with Crippen molar-refractivity contribution >= 4 is 39.6 Å². The summed E-state index contributed by atoms with van der Waals surface area (Å²) in [5.41, 5.74) is 6.10. The molecule has 0 heterocycles. The van der Waals surface area contributed by atoms with Gasteiger partial charge in [-0.3, -0.25) is 9.59 Å². The van der Waals surface area contributed by atoms with Crippen LogP contribution in [0.1, 0.15) is 36.5 Å². The van der Waals surface area contributed by atoms with Crippen molar-refractivity contribution in [2.75, 3.05) is 11.9 Å². The van der Waals surface area contributed by atoms with Crippen molar-refractivity contribution in [3.8, 4) is 11.5 Å². The minimum atomic E-state index is -0.355. The third-order valence-corrected chi connectivity index (χ3v) is 5.46. The quantitative estimate of drug-likeness (QED) is 0.246. The number of carbonyl (C=O) groups is 2. The van der Waals surface area contributed by atoms with Crippen LogP contribution < -0.4 is 20.2 Å². The van der Waals surface area contributed by atoms with Gasteiger partial charge in [0.1, 0.15) is 6.61 Å². The van der Waals surface area contributed by atoms with Crippen molar-refractivity contribution in [2.45, 2.75) is 33.3 Å². The maximum absolute atomic E-state index is 12.1. The molecule has 0 saturated carbocycles. The second kappa shape index (κ2) is 13.3. The van der Waals surface area contributed by atoms with E-state index in [9.17, 15) is 9.59 Å². The molecule has 0 aromatic heterocycles. The van der Waals surface area contributed by atoms with Crippen LogP contribution in [0.5, 0.6) is 11.5 Å². The number of anilines is 1. The molecule has 7 nitrogen and oxygen atoms in total. The molecule has 0 fully saturated rings. The van der Waals surface area contributed by atoms with E-state index in [-0.39, 0.29) is 24.7 Å². The number of benzene rings is 3. The zero-order valence-corrected chi connectivity index (χ0v) is 21.3. The van der Waals surface area contributed by atoms with Crippen LogP contribution in [-0.4, -0.2) is 24.6 Å². The van der Waals surface area contributed by atoms with E-state index in [2.05, 4.69) is 31.8 Å². The van der Waals surface area contributed by atoms with Gasteiger partial charge in [-0.2, -0.15) is 5.10 Å². The fraction of sp³-hybridized carbons (Fsp3) is 0.222. The Labute approximate surface area is 213 Å². The molecule has 0 aliphatic heterocycles. The summed E-state index contributed by atoms with van der Waals surface area (Å²) in [6.45, 7) is 4.81. The Hall–Kier alpha value is -3.65. The Morgan fingerprint density at radius 1 is 0.971 bits per heavy atom. The number of nitrogens with one attached hydrogen (secondary N) is 2. The molecule has 35 heavy (non-hydrogen) atoms. The van der Waals surface area contributed by atoms with Crippen molar-refractivity contribution < 1.29 is 19.1 Å². The normalized spacial score (nSPS) is 10.7. The zero-order valence-electron chi connectivity index (χ0n) is 19.7. The number of halogens is 1. The van der Waals surface area contributed by atoms with Crippen molar-refractivity contribution in [2.24, 2.45) is 5.10 Å². The first-order valence-electron chi connectivity index (χ1n) is 11.3. The first kappa shape index (κ1) is 26.0. The third kappa shape index (κ3) is 8.57. The highest BCUT2D eigenvalue weighted by molar-refractivity contribution is 9.10. The van der Waals surface area contributed by atoms with Crippen molar-refractivity contribution in [3.63, 3.8) is 0 Å². The van der Waals surface area contributed by atoms with E-state index < -0.39 is 0 Å². The van der Waals surface area contributed by atoms with E-state index in [1.807, 2.05) is 62.4 Å². The van der Waals surface area contributed by atoms with Crippen LogP contribution in [0.2, 0.25) is 0 Å². The number of nitrogens with zero attached hydrogens (tertiary/aromatic N) is 1. The number of para-hydroxylation sites is 1. The third-order valence-electron chi connectivity index (χ3n) is 4.88. The van der Waals surface area contributed by atoms with Gasteiger partial charge in [-0.25, -0.2) is 5.43 Å². The molecule has 3 aromatic rings. The molecule has 0 spiro atoms. The Kier molecular flexibility index (Phi) is 9.86. The summed E-state index contributed by atoms with van der Waals surface area (Å²) in [7, 11) is 0. The van der Waals surface area contributed by atoms with Gasteiger partial charge in [0.2, 0.25) is 11.8 Å². The highest BCUT2D eigenvalue weighted by atomic mass is 79.9. The topological polar surface area (TPSA) is 89.0 Å². The number of hydrogen-bond acceptors (Lipinski definition) is 5. The molecule has 2 amide bonds. The lowest BCUT2D eigenvalue weighted by atomic mass is 10.2. The maximum atomic E-state index is 12.1. The summed E-state index contributed by atoms with van der Waals surface area (Å²) in [5.74, 6) is 0.575. The molecular weight excluding hydrogens is 510 g/mol. The van der Waals surface area contributed by atoms with E-state index in [1.54, 1.807) is 18.2 Å². The van der Waals surface area contributed by atoms with Crippen LogP contribution in [0, 0.1) is 6.92 Å². The SMILES string of the molecule is CCOc1cc(C=NNC(=O)CCC(=O)Nc2ccccc2)cc(Br)c1OCc1ccc(C)cc1. The molecule has 182 valence electrons. The number of carbonyl (C=O) groups excluding carboxylic acids is 2.